The van der Waals surface area contributed by atoms with E-state index in [1.165, 1.54) is 11.9 Å². The van der Waals surface area contributed by atoms with E-state index in [2.05, 4.69) is 37.7 Å². The summed E-state index contributed by atoms with van der Waals surface area (Å²) in [5, 5.41) is 6.37. The number of rotatable bonds is 3. The van der Waals surface area contributed by atoms with Crippen LogP contribution in [-0.2, 0) is 29.5 Å². The van der Waals surface area contributed by atoms with Crippen molar-refractivity contribution in [3.05, 3.63) is 101 Å². The molecule has 8 nitrogen and oxygen atoms in total. The summed E-state index contributed by atoms with van der Waals surface area (Å²) in [7, 11) is 0. The SMILES string of the molecule is O=C(c1cc(Nc2ccc3c(c2)CC2(C3)C(=O)Nc3ccccc32)ncn1)N1CCc2cnccc21. The zero-order chi connectivity index (χ0) is 24.3. The molecule has 36 heavy (non-hydrogen) atoms. The van der Waals surface area contributed by atoms with Crippen LogP contribution in [0.1, 0.15) is 32.7 Å². The van der Waals surface area contributed by atoms with Crippen molar-refractivity contribution in [2.75, 3.05) is 22.1 Å². The van der Waals surface area contributed by atoms with Crippen molar-refractivity contribution < 1.29 is 9.59 Å². The second kappa shape index (κ2) is 7.71. The number of benzene rings is 2. The number of pyridine rings is 1. The van der Waals surface area contributed by atoms with Crippen LogP contribution in [0.15, 0.2) is 73.3 Å². The Bertz CT molecular complexity index is 1570. The Morgan fingerprint density at radius 2 is 1.89 bits per heavy atom. The summed E-state index contributed by atoms with van der Waals surface area (Å²) in [6, 6.07) is 17.6. The lowest BCUT2D eigenvalue weighted by Gasteiger charge is -2.20. The van der Waals surface area contributed by atoms with Gasteiger partial charge < -0.3 is 15.5 Å². The average molecular weight is 475 g/mol. The minimum atomic E-state index is -0.548. The topological polar surface area (TPSA) is 100 Å². The van der Waals surface area contributed by atoms with Crippen molar-refractivity contribution in [1.82, 2.24) is 15.0 Å². The highest BCUT2D eigenvalue weighted by molar-refractivity contribution is 6.07. The van der Waals surface area contributed by atoms with Crippen LogP contribution >= 0.6 is 0 Å². The molecular formula is C28H22N6O2. The summed E-state index contributed by atoms with van der Waals surface area (Å²) in [5.41, 5.74) is 6.87. The predicted molar refractivity (Wildman–Crippen MR) is 136 cm³/mol. The number of carbonyl (C=O) groups is 2. The average Bonchev–Trinajstić information content (AvgIpc) is 3.58. The van der Waals surface area contributed by atoms with E-state index < -0.39 is 5.41 Å². The first-order valence-corrected chi connectivity index (χ1v) is 12.0. The molecule has 0 bridgehead atoms. The second-order valence-corrected chi connectivity index (χ2v) is 9.54. The lowest BCUT2D eigenvalue weighted by atomic mass is 9.79. The fourth-order valence-corrected chi connectivity index (χ4v) is 5.75. The first-order chi connectivity index (χ1) is 17.6. The Hall–Kier alpha value is -4.59. The summed E-state index contributed by atoms with van der Waals surface area (Å²) < 4.78 is 0. The van der Waals surface area contributed by atoms with Gasteiger partial charge in [0.1, 0.15) is 17.8 Å². The van der Waals surface area contributed by atoms with E-state index >= 15 is 0 Å². The quantitative estimate of drug-likeness (QED) is 0.469. The van der Waals surface area contributed by atoms with Crippen molar-refractivity contribution in [1.29, 1.82) is 0 Å². The third-order valence-electron chi connectivity index (χ3n) is 7.49. The number of anilines is 4. The minimum absolute atomic E-state index is 0.0626. The van der Waals surface area contributed by atoms with Crippen LogP contribution in [0, 0.1) is 0 Å². The van der Waals surface area contributed by atoms with E-state index in [0.717, 1.165) is 40.2 Å². The normalized spacial score (nSPS) is 19.1. The zero-order valence-corrected chi connectivity index (χ0v) is 19.4. The van der Waals surface area contributed by atoms with E-state index in [1.807, 2.05) is 36.4 Å². The number of nitrogens with zero attached hydrogens (tertiary/aromatic N) is 4. The number of amides is 2. The van der Waals surface area contributed by atoms with Crippen LogP contribution in [0.5, 0.6) is 0 Å². The standard InChI is InChI=1S/C28H22N6O2/c35-26(34-10-8-18-15-29-9-7-24(18)34)23-12-25(31-16-30-23)32-20-6-5-17-13-28(14-19(17)11-20)21-3-1-2-4-22(21)33-27(28)36/h1-7,9,11-12,15-16H,8,10,13-14H2,(H,33,36)(H,30,31,32). The van der Waals surface area contributed by atoms with E-state index in [0.29, 0.717) is 30.9 Å². The Morgan fingerprint density at radius 1 is 1.00 bits per heavy atom. The lowest BCUT2D eigenvalue weighted by molar-refractivity contribution is -0.120. The summed E-state index contributed by atoms with van der Waals surface area (Å²) in [4.78, 5) is 40.6. The highest BCUT2D eigenvalue weighted by Crippen LogP contribution is 2.47. The maximum absolute atomic E-state index is 13.2. The van der Waals surface area contributed by atoms with Crippen molar-refractivity contribution >= 4 is 34.7 Å². The van der Waals surface area contributed by atoms with Crippen molar-refractivity contribution in [2.45, 2.75) is 24.7 Å². The third kappa shape index (κ3) is 3.11. The summed E-state index contributed by atoms with van der Waals surface area (Å²) in [6.07, 6.45) is 7.03. The van der Waals surface area contributed by atoms with Crippen LogP contribution < -0.4 is 15.5 Å². The number of hydrogen-bond donors (Lipinski definition) is 2. The number of carbonyl (C=O) groups excluding carboxylic acids is 2. The molecule has 2 N–H and O–H groups in total. The molecule has 0 fully saturated rings. The van der Waals surface area contributed by atoms with E-state index in [-0.39, 0.29) is 11.8 Å². The zero-order valence-electron chi connectivity index (χ0n) is 19.4. The van der Waals surface area contributed by atoms with Gasteiger partial charge in [-0.1, -0.05) is 24.3 Å². The van der Waals surface area contributed by atoms with Gasteiger partial charge in [0.05, 0.1) is 11.1 Å². The van der Waals surface area contributed by atoms with Gasteiger partial charge in [0.2, 0.25) is 5.91 Å². The Balaban J connectivity index is 1.13. The second-order valence-electron chi connectivity index (χ2n) is 9.54. The molecule has 8 heteroatoms. The third-order valence-corrected chi connectivity index (χ3v) is 7.49. The molecule has 3 aliphatic rings. The van der Waals surface area contributed by atoms with Crippen molar-refractivity contribution in [3.8, 4) is 0 Å². The van der Waals surface area contributed by atoms with Gasteiger partial charge in [0.15, 0.2) is 0 Å². The first kappa shape index (κ1) is 20.8. The largest absolute Gasteiger partial charge is 0.340 e. The van der Waals surface area contributed by atoms with Gasteiger partial charge in [0.25, 0.3) is 5.91 Å². The van der Waals surface area contributed by atoms with Crippen LogP contribution in [0.2, 0.25) is 0 Å². The molecule has 0 radical (unpaired) electrons. The van der Waals surface area contributed by atoms with Gasteiger partial charge >= 0.3 is 0 Å². The summed E-state index contributed by atoms with van der Waals surface area (Å²) in [5.74, 6) is 0.443. The summed E-state index contributed by atoms with van der Waals surface area (Å²) >= 11 is 0. The number of nitrogens with one attached hydrogen (secondary N) is 2. The molecule has 1 aliphatic carbocycles. The van der Waals surface area contributed by atoms with Gasteiger partial charge in [-0.15, -0.1) is 0 Å². The van der Waals surface area contributed by atoms with Crippen LogP contribution in [0.3, 0.4) is 0 Å². The number of fused-ring (bicyclic) bond motifs is 4. The maximum Gasteiger partial charge on any atom is 0.277 e. The number of aromatic nitrogens is 3. The molecule has 176 valence electrons. The molecular weight excluding hydrogens is 452 g/mol. The van der Waals surface area contributed by atoms with Crippen LogP contribution in [0.4, 0.5) is 22.9 Å². The molecule has 0 saturated carbocycles. The Labute approximate surface area is 207 Å². The highest BCUT2D eigenvalue weighted by atomic mass is 16.2. The Kier molecular flexibility index (Phi) is 4.44. The van der Waals surface area contributed by atoms with Gasteiger partial charge in [-0.2, -0.15) is 0 Å². The Morgan fingerprint density at radius 3 is 2.83 bits per heavy atom. The van der Waals surface area contributed by atoms with Crippen LogP contribution in [0.25, 0.3) is 0 Å². The van der Waals surface area contributed by atoms with E-state index in [9.17, 15) is 9.59 Å². The van der Waals surface area contributed by atoms with E-state index in [1.54, 1.807) is 23.4 Å². The van der Waals surface area contributed by atoms with E-state index in [4.69, 9.17) is 0 Å². The van der Waals surface area contributed by atoms with Crippen molar-refractivity contribution in [3.63, 3.8) is 0 Å². The number of hydrogen-bond acceptors (Lipinski definition) is 6. The molecule has 1 spiro atoms. The smallest absolute Gasteiger partial charge is 0.277 e. The molecule has 0 saturated heterocycles. The molecule has 2 aromatic heterocycles. The van der Waals surface area contributed by atoms with Gasteiger partial charge in [-0.3, -0.25) is 14.6 Å². The van der Waals surface area contributed by atoms with Gasteiger partial charge in [-0.05, 0) is 65.8 Å². The molecule has 4 aromatic rings. The highest BCUT2D eigenvalue weighted by Gasteiger charge is 2.50. The van der Waals surface area contributed by atoms with Crippen molar-refractivity contribution in [2.24, 2.45) is 0 Å². The first-order valence-electron chi connectivity index (χ1n) is 12.0. The molecule has 1 atom stereocenters. The minimum Gasteiger partial charge on any atom is -0.340 e. The molecule has 2 aliphatic heterocycles. The number of para-hydroxylation sites is 1. The van der Waals surface area contributed by atoms with Gasteiger partial charge in [0, 0.05) is 36.4 Å². The molecule has 2 aromatic carbocycles. The monoisotopic (exact) mass is 474 g/mol. The fraction of sp³-hybridized carbons (Fsp3) is 0.179. The molecule has 1 unspecified atom stereocenters. The lowest BCUT2D eigenvalue weighted by Crippen LogP contribution is -2.35. The van der Waals surface area contributed by atoms with Gasteiger partial charge in [-0.25, -0.2) is 9.97 Å². The summed E-state index contributed by atoms with van der Waals surface area (Å²) in [6.45, 7) is 0.607. The molecule has 7 rings (SSSR count). The predicted octanol–water partition coefficient (Wildman–Crippen LogP) is 3.81. The fourth-order valence-electron chi connectivity index (χ4n) is 5.75. The molecule has 2 amide bonds. The van der Waals surface area contributed by atoms with Crippen LogP contribution in [-0.4, -0.2) is 33.3 Å². The maximum atomic E-state index is 13.2. The molecule has 4 heterocycles.